The smallest absolute Gasteiger partial charge is 0.253 e. The Morgan fingerprint density at radius 3 is 2.42 bits per heavy atom. The summed E-state index contributed by atoms with van der Waals surface area (Å²) in [6.45, 7) is 0.995. The van der Waals surface area contributed by atoms with Crippen molar-refractivity contribution in [2.45, 2.75) is 18.9 Å². The van der Waals surface area contributed by atoms with Crippen molar-refractivity contribution in [2.75, 3.05) is 13.1 Å². The largest absolute Gasteiger partial charge is 0.354 e. The summed E-state index contributed by atoms with van der Waals surface area (Å²) in [5.74, 6) is -0.539. The molecule has 0 aliphatic heterocycles. The van der Waals surface area contributed by atoms with Crippen molar-refractivity contribution in [3.05, 3.63) is 66.0 Å². The molecular weight excluding hydrogens is 375 g/mol. The summed E-state index contributed by atoms with van der Waals surface area (Å²) in [7, 11) is 0. The Balaban J connectivity index is 0.00000312. The highest BCUT2D eigenvalue weighted by molar-refractivity contribution is 5.97. The number of amides is 2. The number of nitrogens with zero attached hydrogens (tertiary/aromatic N) is 1. The van der Waals surface area contributed by atoms with E-state index in [1.54, 1.807) is 18.3 Å². The molecule has 1 aromatic heterocycles. The van der Waals surface area contributed by atoms with Gasteiger partial charge in [0.05, 0.1) is 5.56 Å². The number of aromatic nitrogens is 1. The average Bonchev–Trinajstić information content (AvgIpc) is 2.63. The van der Waals surface area contributed by atoms with E-state index in [1.165, 1.54) is 6.20 Å². The fraction of sp³-hybridized carbons (Fsp3) is 0.278. The van der Waals surface area contributed by atoms with Gasteiger partial charge in [-0.25, -0.2) is 0 Å². The van der Waals surface area contributed by atoms with Crippen molar-refractivity contribution in [3.63, 3.8) is 0 Å². The molecule has 1 atom stereocenters. The van der Waals surface area contributed by atoms with Crippen molar-refractivity contribution in [2.24, 2.45) is 5.73 Å². The Morgan fingerprint density at radius 2 is 1.81 bits per heavy atom. The highest BCUT2D eigenvalue weighted by atomic mass is 35.5. The minimum Gasteiger partial charge on any atom is -0.354 e. The van der Waals surface area contributed by atoms with Crippen LogP contribution in [-0.2, 0) is 11.2 Å². The van der Waals surface area contributed by atoms with Crippen LogP contribution in [0.15, 0.2) is 54.9 Å². The zero-order valence-electron chi connectivity index (χ0n) is 14.3. The van der Waals surface area contributed by atoms with E-state index in [0.29, 0.717) is 31.5 Å². The van der Waals surface area contributed by atoms with Crippen molar-refractivity contribution < 1.29 is 9.59 Å². The van der Waals surface area contributed by atoms with Crippen LogP contribution in [-0.4, -0.2) is 35.9 Å². The molecule has 2 aromatic rings. The predicted molar refractivity (Wildman–Crippen MR) is 107 cm³/mol. The van der Waals surface area contributed by atoms with Crippen molar-refractivity contribution in [1.82, 2.24) is 15.6 Å². The first kappa shape index (κ1) is 23.9. The summed E-state index contributed by atoms with van der Waals surface area (Å²) in [5.41, 5.74) is 6.84. The number of halogens is 2. The molecule has 26 heavy (non-hydrogen) atoms. The number of hydrogen-bond acceptors (Lipinski definition) is 4. The number of pyridine rings is 1. The summed E-state index contributed by atoms with van der Waals surface area (Å²) < 4.78 is 0. The zero-order valence-corrected chi connectivity index (χ0v) is 15.9. The summed E-state index contributed by atoms with van der Waals surface area (Å²) in [4.78, 5) is 28.7. The van der Waals surface area contributed by atoms with Crippen molar-refractivity contribution in [3.8, 4) is 0 Å². The first-order chi connectivity index (χ1) is 11.7. The second kappa shape index (κ2) is 13.1. The number of carbonyl (C=O) groups excluding carboxylic acids is 2. The monoisotopic (exact) mass is 398 g/mol. The summed E-state index contributed by atoms with van der Waals surface area (Å²) in [6.07, 6.45) is 4.18. The quantitative estimate of drug-likeness (QED) is 0.589. The van der Waals surface area contributed by atoms with Crippen molar-refractivity contribution in [1.29, 1.82) is 0 Å². The van der Waals surface area contributed by atoms with Crippen LogP contribution in [0.5, 0.6) is 0 Å². The van der Waals surface area contributed by atoms with Gasteiger partial charge in [0.1, 0.15) is 6.04 Å². The molecular formula is C18H24Cl2N4O2. The fourth-order valence-electron chi connectivity index (χ4n) is 2.23. The molecule has 4 N–H and O–H groups in total. The molecule has 2 amide bonds. The van der Waals surface area contributed by atoms with Gasteiger partial charge in [0.2, 0.25) is 5.91 Å². The van der Waals surface area contributed by atoms with Gasteiger partial charge >= 0.3 is 0 Å². The number of benzene rings is 1. The van der Waals surface area contributed by atoms with Gasteiger partial charge in [0.15, 0.2) is 0 Å². The van der Waals surface area contributed by atoms with E-state index >= 15 is 0 Å². The predicted octanol–water partition coefficient (Wildman–Crippen LogP) is 1.73. The summed E-state index contributed by atoms with van der Waals surface area (Å²) >= 11 is 0. The van der Waals surface area contributed by atoms with Gasteiger partial charge < -0.3 is 16.4 Å². The van der Waals surface area contributed by atoms with Gasteiger partial charge in [0.25, 0.3) is 5.91 Å². The summed E-state index contributed by atoms with van der Waals surface area (Å²) in [5, 5.41) is 5.60. The second-order valence-corrected chi connectivity index (χ2v) is 5.39. The van der Waals surface area contributed by atoms with E-state index in [0.717, 1.165) is 5.56 Å². The van der Waals surface area contributed by atoms with E-state index in [-0.39, 0.29) is 36.6 Å². The van der Waals surface area contributed by atoms with Gasteiger partial charge in [-0.05, 0) is 30.7 Å². The Morgan fingerprint density at radius 1 is 1.08 bits per heavy atom. The molecule has 6 nitrogen and oxygen atoms in total. The third-order valence-electron chi connectivity index (χ3n) is 3.51. The average molecular weight is 399 g/mol. The fourth-order valence-corrected chi connectivity index (χ4v) is 2.23. The van der Waals surface area contributed by atoms with Crippen LogP contribution < -0.4 is 16.4 Å². The van der Waals surface area contributed by atoms with E-state index in [4.69, 9.17) is 5.73 Å². The Hall–Kier alpha value is -2.15. The number of nitrogens with one attached hydrogen (secondary N) is 2. The molecule has 0 saturated carbocycles. The molecule has 1 unspecified atom stereocenters. The molecule has 8 heteroatoms. The van der Waals surface area contributed by atoms with Crippen molar-refractivity contribution >= 4 is 36.6 Å². The van der Waals surface area contributed by atoms with Crippen LogP contribution in [0.2, 0.25) is 0 Å². The molecule has 0 aliphatic rings. The third kappa shape index (κ3) is 7.82. The minimum atomic E-state index is -0.655. The maximum Gasteiger partial charge on any atom is 0.253 e. The first-order valence-electron chi connectivity index (χ1n) is 7.93. The molecule has 0 fully saturated rings. The molecule has 0 bridgehead atoms. The topological polar surface area (TPSA) is 97.1 Å². The molecule has 1 aromatic carbocycles. The summed E-state index contributed by atoms with van der Waals surface area (Å²) in [6, 6.07) is 12.3. The number of carbonyl (C=O) groups is 2. The normalized spacial score (nSPS) is 10.7. The van der Waals surface area contributed by atoms with E-state index in [2.05, 4.69) is 15.6 Å². The van der Waals surface area contributed by atoms with Gasteiger partial charge in [-0.1, -0.05) is 30.3 Å². The highest BCUT2D eigenvalue weighted by Gasteiger charge is 2.21. The molecule has 0 radical (unpaired) electrons. The van der Waals surface area contributed by atoms with Gasteiger partial charge in [-0.15, -0.1) is 24.8 Å². The lowest BCUT2D eigenvalue weighted by atomic mass is 10.0. The first-order valence-corrected chi connectivity index (χ1v) is 7.93. The Bertz CT molecular complexity index is 657. The number of rotatable bonds is 8. The number of nitrogens with two attached hydrogens (primary N) is 1. The lowest BCUT2D eigenvalue weighted by Gasteiger charge is -2.18. The molecule has 142 valence electrons. The van der Waals surface area contributed by atoms with Crippen LogP contribution >= 0.6 is 24.8 Å². The van der Waals surface area contributed by atoms with E-state index in [9.17, 15) is 9.59 Å². The van der Waals surface area contributed by atoms with Crippen LogP contribution in [0.1, 0.15) is 22.3 Å². The Kier molecular flexibility index (Phi) is 12.0. The number of hydrogen-bond donors (Lipinski definition) is 3. The lowest BCUT2D eigenvalue weighted by molar-refractivity contribution is -0.122. The van der Waals surface area contributed by atoms with E-state index < -0.39 is 6.04 Å². The maximum atomic E-state index is 12.4. The van der Waals surface area contributed by atoms with Crippen LogP contribution in [0.3, 0.4) is 0 Å². The second-order valence-electron chi connectivity index (χ2n) is 5.39. The molecule has 1 heterocycles. The van der Waals surface area contributed by atoms with E-state index in [1.807, 2.05) is 30.3 Å². The molecule has 0 aliphatic carbocycles. The van der Waals surface area contributed by atoms with Gasteiger partial charge in [-0.3, -0.25) is 14.6 Å². The van der Waals surface area contributed by atoms with Gasteiger partial charge in [0, 0.05) is 25.4 Å². The lowest BCUT2D eigenvalue weighted by Crippen LogP contribution is -2.48. The molecule has 2 rings (SSSR count). The maximum absolute atomic E-state index is 12.4. The highest BCUT2D eigenvalue weighted by Crippen LogP contribution is 2.05. The SMILES string of the molecule is Cl.Cl.NCCCNC(=O)C(Cc1ccccc1)NC(=O)c1cccnc1. The van der Waals surface area contributed by atoms with Gasteiger partial charge in [-0.2, -0.15) is 0 Å². The Labute approximate surface area is 165 Å². The standard InChI is InChI=1S/C18H22N4O2.2ClH/c19-9-5-11-21-18(24)16(12-14-6-2-1-3-7-14)22-17(23)15-8-4-10-20-13-15;;/h1-4,6-8,10,13,16H,5,9,11-12,19H2,(H,21,24)(H,22,23);2*1H. The van der Waals surface area contributed by atoms with Crippen LogP contribution in [0.25, 0.3) is 0 Å². The van der Waals surface area contributed by atoms with Crippen LogP contribution in [0, 0.1) is 0 Å². The molecule has 0 saturated heterocycles. The molecule has 0 spiro atoms. The van der Waals surface area contributed by atoms with Crippen LogP contribution in [0.4, 0.5) is 0 Å². The third-order valence-corrected chi connectivity index (χ3v) is 3.51. The minimum absolute atomic E-state index is 0. The zero-order chi connectivity index (χ0) is 17.2.